The lowest BCUT2D eigenvalue weighted by Gasteiger charge is -2.25. The van der Waals surface area contributed by atoms with Crippen molar-refractivity contribution >= 4 is 5.69 Å². The van der Waals surface area contributed by atoms with E-state index in [1.54, 1.807) is 12.3 Å². The second-order valence-electron chi connectivity index (χ2n) is 6.31. The molecule has 4 heteroatoms. The van der Waals surface area contributed by atoms with Gasteiger partial charge in [-0.1, -0.05) is 0 Å². The van der Waals surface area contributed by atoms with Crippen molar-refractivity contribution in [3.05, 3.63) is 53.7 Å². The number of hydrogen-bond donors (Lipinski definition) is 1. The van der Waals surface area contributed by atoms with Crippen LogP contribution >= 0.6 is 0 Å². The van der Waals surface area contributed by atoms with Crippen LogP contribution in [0.15, 0.2) is 41.0 Å². The molecule has 1 N–H and O–H groups in total. The van der Waals surface area contributed by atoms with Crippen LogP contribution < -0.4 is 10.2 Å². The largest absolute Gasteiger partial charge is 0.467 e. The zero-order valence-electron chi connectivity index (χ0n) is 13.1. The molecule has 114 valence electrons. The standard InChI is InChI=1S/C17H23FN2O/c1-17(2,3)19-11-13-10-14(18)7-8-16(13)20(4)12-15-6-5-9-21-15/h5-10,19H,11-12H2,1-4H3. The summed E-state index contributed by atoms with van der Waals surface area (Å²) in [5.74, 6) is 0.674. The molecule has 0 fully saturated rings. The highest BCUT2D eigenvalue weighted by Gasteiger charge is 2.14. The molecule has 0 aliphatic heterocycles. The number of hydrogen-bond acceptors (Lipinski definition) is 3. The number of furan rings is 1. The Morgan fingerprint density at radius 1 is 1.24 bits per heavy atom. The summed E-state index contributed by atoms with van der Waals surface area (Å²) < 4.78 is 18.9. The van der Waals surface area contributed by atoms with Crippen LogP contribution in [0.2, 0.25) is 0 Å². The van der Waals surface area contributed by atoms with E-state index in [-0.39, 0.29) is 11.4 Å². The van der Waals surface area contributed by atoms with Gasteiger partial charge in [-0.2, -0.15) is 0 Å². The quantitative estimate of drug-likeness (QED) is 0.904. The predicted molar refractivity (Wildman–Crippen MR) is 83.8 cm³/mol. The molecule has 0 amide bonds. The molecule has 1 aromatic heterocycles. The molecule has 0 radical (unpaired) electrons. The van der Waals surface area contributed by atoms with E-state index in [4.69, 9.17) is 4.42 Å². The molecule has 0 saturated carbocycles. The summed E-state index contributed by atoms with van der Waals surface area (Å²) in [4.78, 5) is 2.07. The topological polar surface area (TPSA) is 28.4 Å². The van der Waals surface area contributed by atoms with E-state index in [1.807, 2.05) is 25.2 Å². The minimum atomic E-state index is -0.212. The minimum absolute atomic E-state index is 0.0107. The van der Waals surface area contributed by atoms with Crippen LogP contribution in [0.1, 0.15) is 32.1 Å². The summed E-state index contributed by atoms with van der Waals surface area (Å²) >= 11 is 0. The maximum Gasteiger partial charge on any atom is 0.123 e. The molecule has 0 atom stereocenters. The van der Waals surface area contributed by atoms with Crippen molar-refractivity contribution in [2.24, 2.45) is 0 Å². The van der Waals surface area contributed by atoms with Gasteiger partial charge in [-0.15, -0.1) is 0 Å². The molecule has 21 heavy (non-hydrogen) atoms. The summed E-state index contributed by atoms with van der Waals surface area (Å²) in [6.45, 7) is 7.57. The van der Waals surface area contributed by atoms with Crippen LogP contribution in [0.25, 0.3) is 0 Å². The van der Waals surface area contributed by atoms with Gasteiger partial charge in [-0.25, -0.2) is 4.39 Å². The molecule has 0 bridgehead atoms. The maximum atomic E-state index is 13.5. The van der Waals surface area contributed by atoms with E-state index in [1.165, 1.54) is 6.07 Å². The van der Waals surface area contributed by atoms with E-state index in [0.717, 1.165) is 17.0 Å². The number of anilines is 1. The first-order valence-electron chi connectivity index (χ1n) is 7.12. The van der Waals surface area contributed by atoms with Crippen LogP contribution in [-0.2, 0) is 13.1 Å². The lowest BCUT2D eigenvalue weighted by molar-refractivity contribution is 0.423. The molecule has 0 saturated heterocycles. The Bertz CT molecular complexity index is 573. The first-order valence-corrected chi connectivity index (χ1v) is 7.12. The van der Waals surface area contributed by atoms with Gasteiger partial charge in [-0.3, -0.25) is 0 Å². The summed E-state index contributed by atoms with van der Waals surface area (Å²) in [5, 5.41) is 3.40. The zero-order chi connectivity index (χ0) is 15.5. The molecule has 1 aromatic carbocycles. The Morgan fingerprint density at radius 3 is 2.62 bits per heavy atom. The fourth-order valence-corrected chi connectivity index (χ4v) is 2.15. The molecule has 0 unspecified atom stereocenters. The molecule has 0 aliphatic carbocycles. The average molecular weight is 290 g/mol. The van der Waals surface area contributed by atoms with E-state index in [9.17, 15) is 4.39 Å². The van der Waals surface area contributed by atoms with Gasteiger partial charge >= 0.3 is 0 Å². The summed E-state index contributed by atoms with van der Waals surface area (Å²) in [5.41, 5.74) is 1.94. The Hall–Kier alpha value is -1.81. The van der Waals surface area contributed by atoms with Crippen LogP contribution in [0.5, 0.6) is 0 Å². The van der Waals surface area contributed by atoms with E-state index >= 15 is 0 Å². The molecule has 2 aromatic rings. The fraction of sp³-hybridized carbons (Fsp3) is 0.412. The van der Waals surface area contributed by atoms with Crippen LogP contribution in [0, 0.1) is 5.82 Å². The van der Waals surface area contributed by atoms with Gasteiger partial charge in [0.25, 0.3) is 0 Å². The zero-order valence-corrected chi connectivity index (χ0v) is 13.1. The number of halogens is 1. The highest BCUT2D eigenvalue weighted by molar-refractivity contribution is 5.53. The normalized spacial score (nSPS) is 11.7. The SMILES string of the molecule is CN(Cc1ccco1)c1ccc(F)cc1CNC(C)(C)C. The summed E-state index contributed by atoms with van der Waals surface area (Å²) in [6.07, 6.45) is 1.66. The average Bonchev–Trinajstić information content (AvgIpc) is 2.88. The Morgan fingerprint density at radius 2 is 2.00 bits per heavy atom. The fourth-order valence-electron chi connectivity index (χ4n) is 2.15. The van der Waals surface area contributed by atoms with Crippen molar-refractivity contribution in [2.45, 2.75) is 39.4 Å². The molecule has 0 spiro atoms. The van der Waals surface area contributed by atoms with Crippen molar-refractivity contribution in [1.29, 1.82) is 0 Å². The molecular weight excluding hydrogens is 267 g/mol. The van der Waals surface area contributed by atoms with Gasteiger partial charge in [0, 0.05) is 24.8 Å². The highest BCUT2D eigenvalue weighted by atomic mass is 19.1. The molecular formula is C17H23FN2O. The van der Waals surface area contributed by atoms with Crippen molar-refractivity contribution in [3.8, 4) is 0 Å². The van der Waals surface area contributed by atoms with Crippen molar-refractivity contribution < 1.29 is 8.81 Å². The van der Waals surface area contributed by atoms with E-state index in [2.05, 4.69) is 31.0 Å². The van der Waals surface area contributed by atoms with Crippen molar-refractivity contribution in [2.75, 3.05) is 11.9 Å². The lowest BCUT2D eigenvalue weighted by Crippen LogP contribution is -2.35. The van der Waals surface area contributed by atoms with E-state index < -0.39 is 0 Å². The second kappa shape index (κ2) is 6.31. The highest BCUT2D eigenvalue weighted by Crippen LogP contribution is 2.23. The third-order valence-corrected chi connectivity index (χ3v) is 3.24. The predicted octanol–water partition coefficient (Wildman–Crippen LogP) is 3.94. The molecule has 3 nitrogen and oxygen atoms in total. The van der Waals surface area contributed by atoms with Gasteiger partial charge in [0.1, 0.15) is 11.6 Å². The van der Waals surface area contributed by atoms with Crippen molar-refractivity contribution in [1.82, 2.24) is 5.32 Å². The Balaban J connectivity index is 2.17. The van der Waals surface area contributed by atoms with Crippen LogP contribution in [0.4, 0.5) is 10.1 Å². The lowest BCUT2D eigenvalue weighted by atomic mass is 10.1. The van der Waals surface area contributed by atoms with Gasteiger partial charge < -0.3 is 14.6 Å². The smallest absolute Gasteiger partial charge is 0.123 e. The third-order valence-electron chi connectivity index (χ3n) is 3.24. The summed E-state index contributed by atoms with van der Waals surface area (Å²) in [6, 6.07) is 8.71. The Kier molecular flexibility index (Phi) is 4.68. The van der Waals surface area contributed by atoms with Gasteiger partial charge in [0.15, 0.2) is 0 Å². The number of nitrogens with zero attached hydrogens (tertiary/aromatic N) is 1. The maximum absolute atomic E-state index is 13.5. The van der Waals surface area contributed by atoms with Crippen molar-refractivity contribution in [3.63, 3.8) is 0 Å². The first kappa shape index (κ1) is 15.6. The first-order chi connectivity index (χ1) is 9.85. The van der Waals surface area contributed by atoms with E-state index in [0.29, 0.717) is 13.1 Å². The van der Waals surface area contributed by atoms with Crippen LogP contribution in [0.3, 0.4) is 0 Å². The monoisotopic (exact) mass is 290 g/mol. The summed E-state index contributed by atoms with van der Waals surface area (Å²) in [7, 11) is 1.98. The minimum Gasteiger partial charge on any atom is -0.467 e. The number of nitrogens with one attached hydrogen (secondary N) is 1. The third kappa shape index (κ3) is 4.60. The number of rotatable bonds is 5. The van der Waals surface area contributed by atoms with Gasteiger partial charge in [-0.05, 0) is 56.7 Å². The molecule has 0 aliphatic rings. The Labute approximate surface area is 125 Å². The van der Waals surface area contributed by atoms with Gasteiger partial charge in [0.05, 0.1) is 12.8 Å². The number of benzene rings is 1. The molecule has 2 rings (SSSR count). The van der Waals surface area contributed by atoms with Gasteiger partial charge in [0.2, 0.25) is 0 Å². The second-order valence-corrected chi connectivity index (χ2v) is 6.31. The molecule has 1 heterocycles. The van der Waals surface area contributed by atoms with Crippen LogP contribution in [-0.4, -0.2) is 12.6 Å².